The highest BCUT2D eigenvalue weighted by molar-refractivity contribution is 7.26. The predicted octanol–water partition coefficient (Wildman–Crippen LogP) is 22.1. The van der Waals surface area contributed by atoms with Gasteiger partial charge in [-0.25, -0.2) is 0 Å². The molecule has 0 atom stereocenters. The normalized spacial score (nSPS) is 17.4. The summed E-state index contributed by atoms with van der Waals surface area (Å²) in [6.45, 7) is 52.9. The number of nitrogens with zero attached hydrogens (tertiary/aromatic N) is 3. The van der Waals surface area contributed by atoms with Crippen LogP contribution in [0.1, 0.15) is 220 Å². The summed E-state index contributed by atoms with van der Waals surface area (Å²) in [5, 5.41) is 2.64. The average Bonchev–Trinajstić information content (AvgIpc) is 0.993. The van der Waals surface area contributed by atoms with Crippen molar-refractivity contribution in [3.63, 3.8) is 0 Å². The zero-order chi connectivity index (χ0) is 62.4. The van der Waals surface area contributed by atoms with Crippen molar-refractivity contribution in [2.24, 2.45) is 0 Å². The summed E-state index contributed by atoms with van der Waals surface area (Å²) < 4.78 is 2.69. The molecule has 2 aliphatic carbocycles. The minimum atomic E-state index is -0.185. The van der Waals surface area contributed by atoms with Gasteiger partial charge in [-0.05, 0) is 222 Å². The minimum Gasteiger partial charge on any atom is -0.311 e. The predicted molar refractivity (Wildman–Crippen MR) is 383 cm³/mol. The van der Waals surface area contributed by atoms with E-state index < -0.39 is 0 Å². The molecule has 87 heavy (non-hydrogen) atoms. The van der Waals surface area contributed by atoms with Crippen LogP contribution in [-0.2, 0) is 43.3 Å². The van der Waals surface area contributed by atoms with Gasteiger partial charge in [-0.3, -0.25) is 0 Å². The summed E-state index contributed by atoms with van der Waals surface area (Å²) in [7, 11) is 0. The average molecular weight is 1170 g/mol. The largest absolute Gasteiger partial charge is 0.311 e. The first-order valence-electron chi connectivity index (χ1n) is 32.7. The molecule has 0 unspecified atom stereocenters. The number of rotatable bonds is 5. The second kappa shape index (κ2) is 19.5. The van der Waals surface area contributed by atoms with Gasteiger partial charge in [-0.1, -0.05) is 205 Å². The highest BCUT2D eigenvalue weighted by Crippen LogP contribution is 2.56. The maximum atomic E-state index is 2.76. The number of hydrogen-bond donors (Lipinski definition) is 0. The van der Waals surface area contributed by atoms with E-state index in [1.165, 1.54) is 144 Å². The molecule has 0 N–H and O–H groups in total. The lowest BCUT2D eigenvalue weighted by molar-refractivity contribution is 0.332. The molecular weight excluding hydrogens is 1070 g/mol. The standard InChI is InChI=1S/C82H96BN3S/c1-49-41-51(75(3,4)5)27-34-64(49)84(65-35-28-52(42-50(65)2)76(6,7)8)55-30-33-62-67(46-55)86(66-36-32-58(78(12,13)14)74-72(66)56-25-23-24-26-71(56)87-74)70-44-53(77(9,10)11)43-69-73(70)83(62)63-47-60-61(82(21,22)40-39-81(60,19)20)48-68(63)85(69)54-29-31-57-59(45-54)80(17,18)38-37-79(57,15)16/h23-36,41-48H,37-40H2,1-22H3. The monoisotopic (exact) mass is 1170 g/mol. The van der Waals surface area contributed by atoms with Gasteiger partial charge in [-0.2, -0.15) is 0 Å². The molecule has 3 nitrogen and oxygen atoms in total. The van der Waals surface area contributed by atoms with Crippen LogP contribution in [0.3, 0.4) is 0 Å². The highest BCUT2D eigenvalue weighted by Gasteiger charge is 2.48. The molecule has 5 heteroatoms. The van der Waals surface area contributed by atoms with E-state index in [0.717, 1.165) is 24.9 Å². The molecule has 448 valence electrons. The molecule has 2 aliphatic heterocycles. The minimum absolute atomic E-state index is 0.000436. The van der Waals surface area contributed by atoms with Crippen LogP contribution in [-0.4, -0.2) is 6.71 Å². The number of fused-ring (bicyclic) bond motifs is 9. The van der Waals surface area contributed by atoms with Crippen molar-refractivity contribution in [1.29, 1.82) is 0 Å². The van der Waals surface area contributed by atoms with Crippen LogP contribution in [0, 0.1) is 13.8 Å². The van der Waals surface area contributed by atoms with Crippen molar-refractivity contribution in [3.8, 4) is 0 Å². The molecular formula is C82H96BN3S. The Morgan fingerprint density at radius 1 is 0.425 bits per heavy atom. The molecule has 0 saturated heterocycles. The van der Waals surface area contributed by atoms with E-state index in [-0.39, 0.29) is 50.0 Å². The van der Waals surface area contributed by atoms with E-state index in [0.29, 0.717) is 0 Å². The Kier molecular flexibility index (Phi) is 13.3. The first-order valence-corrected chi connectivity index (χ1v) is 33.5. The fraction of sp³-hybridized carbons (Fsp3) is 0.415. The fourth-order valence-electron chi connectivity index (χ4n) is 15.6. The van der Waals surface area contributed by atoms with Crippen molar-refractivity contribution in [1.82, 2.24) is 0 Å². The Labute approximate surface area is 527 Å². The van der Waals surface area contributed by atoms with Crippen LogP contribution in [0.15, 0.2) is 133 Å². The Bertz CT molecular complexity index is 4260. The molecule has 4 aliphatic rings. The number of benzene rings is 8. The molecule has 9 aromatic rings. The van der Waals surface area contributed by atoms with E-state index in [9.17, 15) is 0 Å². The summed E-state index contributed by atoms with van der Waals surface area (Å²) in [5.74, 6) is 0. The molecule has 8 aromatic carbocycles. The third kappa shape index (κ3) is 9.54. The Balaban J connectivity index is 1.19. The van der Waals surface area contributed by atoms with Gasteiger partial charge < -0.3 is 14.7 Å². The van der Waals surface area contributed by atoms with Crippen molar-refractivity contribution in [3.05, 3.63) is 189 Å². The van der Waals surface area contributed by atoms with Crippen LogP contribution >= 0.6 is 11.3 Å². The zero-order valence-corrected chi connectivity index (χ0v) is 57.7. The number of thiophene rings is 1. The lowest BCUT2D eigenvalue weighted by Gasteiger charge is -2.48. The Morgan fingerprint density at radius 3 is 1.49 bits per heavy atom. The van der Waals surface area contributed by atoms with Gasteiger partial charge in [-0.15, -0.1) is 11.3 Å². The first kappa shape index (κ1) is 59.4. The summed E-state index contributed by atoms with van der Waals surface area (Å²) in [4.78, 5) is 8.10. The van der Waals surface area contributed by atoms with Crippen molar-refractivity contribution in [2.45, 2.75) is 221 Å². The summed E-state index contributed by atoms with van der Waals surface area (Å²) in [6, 6.07) is 54.5. The SMILES string of the molecule is Cc1cc(C(C)(C)C)ccc1N(c1ccc2c(c1)N(c1ccc(C(C)(C)C)c3sc4ccccc4c13)c1cc(C(C)(C)C)cc3c1B2c1cc2c(cc1N3c1ccc3c(c1)C(C)(C)CCC3(C)C)C(C)(C)CCC2(C)C)c1ccc(C(C)(C)C)cc1C. The van der Waals surface area contributed by atoms with Crippen LogP contribution in [0.25, 0.3) is 20.2 Å². The smallest absolute Gasteiger partial charge is 0.252 e. The molecule has 3 heterocycles. The molecule has 0 fully saturated rings. The molecule has 13 rings (SSSR count). The highest BCUT2D eigenvalue weighted by atomic mass is 32.1. The summed E-state index contributed by atoms with van der Waals surface area (Å²) in [6.07, 6.45) is 4.65. The van der Waals surface area contributed by atoms with Crippen LogP contribution < -0.4 is 31.1 Å². The Morgan fingerprint density at radius 2 is 0.943 bits per heavy atom. The third-order valence-corrected chi connectivity index (χ3v) is 22.6. The Hall–Kier alpha value is -6.56. The van der Waals surface area contributed by atoms with Crippen LogP contribution in [0.5, 0.6) is 0 Å². The van der Waals surface area contributed by atoms with Gasteiger partial charge in [0.05, 0.1) is 5.69 Å². The number of anilines is 9. The van der Waals surface area contributed by atoms with Gasteiger partial charge in [0.2, 0.25) is 0 Å². The lowest BCUT2D eigenvalue weighted by Crippen LogP contribution is -2.62. The third-order valence-electron chi connectivity index (χ3n) is 21.4. The van der Waals surface area contributed by atoms with E-state index in [2.05, 4.69) is 300 Å². The topological polar surface area (TPSA) is 9.72 Å². The van der Waals surface area contributed by atoms with Gasteiger partial charge in [0, 0.05) is 65.7 Å². The molecule has 0 bridgehead atoms. The second-order valence-corrected chi connectivity index (χ2v) is 34.8. The van der Waals surface area contributed by atoms with E-state index in [4.69, 9.17) is 0 Å². The van der Waals surface area contributed by atoms with Crippen molar-refractivity contribution < 1.29 is 0 Å². The first-order chi connectivity index (χ1) is 40.5. The van der Waals surface area contributed by atoms with Crippen molar-refractivity contribution >= 4 is 106 Å². The lowest BCUT2D eigenvalue weighted by atomic mass is 9.33. The molecule has 0 saturated carbocycles. The number of aryl methyl sites for hydroxylation is 2. The quantitative estimate of drug-likeness (QED) is 0.159. The summed E-state index contributed by atoms with van der Waals surface area (Å²) in [5.41, 5.74) is 29.0. The van der Waals surface area contributed by atoms with Gasteiger partial charge >= 0.3 is 0 Å². The van der Waals surface area contributed by atoms with E-state index >= 15 is 0 Å². The van der Waals surface area contributed by atoms with Gasteiger partial charge in [0.15, 0.2) is 0 Å². The fourth-order valence-corrected chi connectivity index (χ4v) is 17.1. The second-order valence-electron chi connectivity index (χ2n) is 33.8. The van der Waals surface area contributed by atoms with Gasteiger partial charge in [0.25, 0.3) is 6.71 Å². The van der Waals surface area contributed by atoms with E-state index in [1.54, 1.807) is 0 Å². The van der Waals surface area contributed by atoms with E-state index in [1.807, 2.05) is 11.3 Å². The summed E-state index contributed by atoms with van der Waals surface area (Å²) >= 11 is 1.96. The van der Waals surface area contributed by atoms with Crippen LogP contribution in [0.2, 0.25) is 0 Å². The van der Waals surface area contributed by atoms with Gasteiger partial charge in [0.1, 0.15) is 0 Å². The maximum absolute atomic E-state index is 2.76. The molecule has 0 amide bonds. The molecule has 0 radical (unpaired) electrons. The van der Waals surface area contributed by atoms with Crippen LogP contribution in [0.4, 0.5) is 51.2 Å². The molecule has 0 spiro atoms. The molecule has 1 aromatic heterocycles. The maximum Gasteiger partial charge on any atom is 0.252 e. The zero-order valence-electron chi connectivity index (χ0n) is 56.9. The van der Waals surface area contributed by atoms with Crippen molar-refractivity contribution in [2.75, 3.05) is 14.7 Å². The number of hydrogen-bond acceptors (Lipinski definition) is 4.